The van der Waals surface area contributed by atoms with Crippen molar-refractivity contribution in [1.82, 2.24) is 25.5 Å². The summed E-state index contributed by atoms with van der Waals surface area (Å²) in [6.45, 7) is 1.70. The summed E-state index contributed by atoms with van der Waals surface area (Å²) >= 11 is 0. The Bertz CT molecular complexity index is 656. The number of anilines is 1. The number of rotatable bonds is 6. The third-order valence-corrected chi connectivity index (χ3v) is 2.77. The monoisotopic (exact) mass is 304 g/mol. The average Bonchev–Trinajstić information content (AvgIpc) is 2.98. The molecule has 0 saturated heterocycles. The summed E-state index contributed by atoms with van der Waals surface area (Å²) in [5, 5.41) is 15.6. The van der Waals surface area contributed by atoms with E-state index in [0.29, 0.717) is 11.4 Å². The summed E-state index contributed by atoms with van der Waals surface area (Å²) in [6, 6.07) is 5.43. The summed E-state index contributed by atoms with van der Waals surface area (Å²) in [7, 11) is 1.52. The zero-order valence-corrected chi connectivity index (χ0v) is 12.2. The van der Waals surface area contributed by atoms with E-state index in [4.69, 9.17) is 4.74 Å². The predicted octanol–water partition coefficient (Wildman–Crippen LogP) is -0.255. The van der Waals surface area contributed by atoms with E-state index in [1.165, 1.54) is 18.1 Å². The van der Waals surface area contributed by atoms with E-state index in [9.17, 15) is 9.59 Å². The topological polar surface area (TPSA) is 111 Å². The van der Waals surface area contributed by atoms with E-state index >= 15 is 0 Å². The normalized spacial score (nSPS) is 10.1. The number of carbonyl (C=O) groups excluding carboxylic acids is 2. The van der Waals surface area contributed by atoms with Crippen LogP contribution in [0.3, 0.4) is 0 Å². The first-order valence-corrected chi connectivity index (χ1v) is 6.50. The molecule has 0 atom stereocenters. The Labute approximate surface area is 126 Å². The van der Waals surface area contributed by atoms with Crippen LogP contribution in [0.25, 0.3) is 0 Å². The average molecular weight is 304 g/mol. The lowest BCUT2D eigenvalue weighted by molar-refractivity contribution is -0.124. The molecule has 0 saturated carbocycles. The first-order valence-electron chi connectivity index (χ1n) is 6.50. The SMILES string of the molecule is COc1ccc(C)cc1NC(=O)CNC(=O)Cn1cnnn1. The molecule has 2 rings (SSSR count). The maximum absolute atomic E-state index is 11.9. The molecule has 1 aromatic carbocycles. The van der Waals surface area contributed by atoms with Crippen LogP contribution in [0.2, 0.25) is 0 Å². The Morgan fingerprint density at radius 3 is 2.82 bits per heavy atom. The smallest absolute Gasteiger partial charge is 0.243 e. The molecular weight excluding hydrogens is 288 g/mol. The summed E-state index contributed by atoms with van der Waals surface area (Å²) in [4.78, 5) is 23.5. The number of amides is 2. The molecule has 1 aromatic heterocycles. The van der Waals surface area contributed by atoms with Gasteiger partial charge in [-0.15, -0.1) is 5.10 Å². The first kappa shape index (κ1) is 15.4. The Morgan fingerprint density at radius 2 is 2.14 bits per heavy atom. The maximum Gasteiger partial charge on any atom is 0.243 e. The molecule has 9 heteroatoms. The largest absolute Gasteiger partial charge is 0.495 e. The van der Waals surface area contributed by atoms with Crippen molar-refractivity contribution < 1.29 is 14.3 Å². The first-order chi connectivity index (χ1) is 10.6. The number of benzene rings is 1. The number of hydrogen-bond acceptors (Lipinski definition) is 6. The van der Waals surface area contributed by atoms with Crippen LogP contribution in [-0.2, 0) is 16.1 Å². The van der Waals surface area contributed by atoms with Gasteiger partial charge in [-0.3, -0.25) is 9.59 Å². The fraction of sp³-hybridized carbons (Fsp3) is 0.308. The van der Waals surface area contributed by atoms with Gasteiger partial charge in [0, 0.05) is 0 Å². The fourth-order valence-electron chi connectivity index (χ4n) is 1.75. The quantitative estimate of drug-likeness (QED) is 0.761. The molecule has 22 heavy (non-hydrogen) atoms. The van der Waals surface area contributed by atoms with Gasteiger partial charge in [0.05, 0.1) is 19.3 Å². The molecule has 0 aliphatic rings. The summed E-state index contributed by atoms with van der Waals surface area (Å²) < 4.78 is 6.43. The molecule has 2 aromatic rings. The molecule has 0 bridgehead atoms. The van der Waals surface area contributed by atoms with Crippen molar-refractivity contribution >= 4 is 17.5 Å². The van der Waals surface area contributed by atoms with Crippen LogP contribution in [0.15, 0.2) is 24.5 Å². The van der Waals surface area contributed by atoms with Gasteiger partial charge in [-0.2, -0.15) is 0 Å². The molecule has 1 heterocycles. The number of tetrazole rings is 1. The molecular formula is C13H16N6O3. The number of ether oxygens (including phenoxy) is 1. The molecule has 2 N–H and O–H groups in total. The van der Waals surface area contributed by atoms with Crippen molar-refractivity contribution in [2.75, 3.05) is 19.0 Å². The van der Waals surface area contributed by atoms with Gasteiger partial charge < -0.3 is 15.4 Å². The van der Waals surface area contributed by atoms with Gasteiger partial charge in [0.1, 0.15) is 18.6 Å². The molecule has 0 fully saturated rings. The molecule has 0 aliphatic heterocycles. The zero-order valence-electron chi connectivity index (χ0n) is 12.2. The van der Waals surface area contributed by atoms with Gasteiger partial charge in [-0.1, -0.05) is 6.07 Å². The number of aryl methyl sites for hydroxylation is 1. The van der Waals surface area contributed by atoms with Crippen LogP contribution >= 0.6 is 0 Å². The maximum atomic E-state index is 11.9. The van der Waals surface area contributed by atoms with Gasteiger partial charge in [-0.25, -0.2) is 4.68 Å². The van der Waals surface area contributed by atoms with Crippen LogP contribution in [0, 0.1) is 6.92 Å². The van der Waals surface area contributed by atoms with Gasteiger partial charge in [0.2, 0.25) is 11.8 Å². The lowest BCUT2D eigenvalue weighted by Gasteiger charge is -2.11. The number of nitrogens with zero attached hydrogens (tertiary/aromatic N) is 4. The Kier molecular flexibility index (Phi) is 5.02. The van der Waals surface area contributed by atoms with Crippen molar-refractivity contribution in [3.05, 3.63) is 30.1 Å². The second-order valence-electron chi connectivity index (χ2n) is 4.54. The molecule has 2 amide bonds. The van der Waals surface area contributed by atoms with Crippen molar-refractivity contribution in [3.8, 4) is 5.75 Å². The number of carbonyl (C=O) groups is 2. The lowest BCUT2D eigenvalue weighted by atomic mass is 10.2. The van der Waals surface area contributed by atoms with E-state index in [1.807, 2.05) is 13.0 Å². The Hall–Kier alpha value is -2.97. The minimum atomic E-state index is -0.362. The number of methoxy groups -OCH3 is 1. The number of hydrogen-bond donors (Lipinski definition) is 2. The van der Waals surface area contributed by atoms with Crippen LogP contribution in [-0.4, -0.2) is 45.7 Å². The van der Waals surface area contributed by atoms with Gasteiger partial charge >= 0.3 is 0 Å². The van der Waals surface area contributed by atoms with Crippen LogP contribution in [0.4, 0.5) is 5.69 Å². The minimum Gasteiger partial charge on any atom is -0.495 e. The van der Waals surface area contributed by atoms with Crippen molar-refractivity contribution in [2.45, 2.75) is 13.5 Å². The molecule has 0 unspecified atom stereocenters. The van der Waals surface area contributed by atoms with Gasteiger partial charge in [-0.05, 0) is 35.0 Å². The highest BCUT2D eigenvalue weighted by Crippen LogP contribution is 2.24. The lowest BCUT2D eigenvalue weighted by Crippen LogP contribution is -2.35. The molecule has 0 radical (unpaired) electrons. The Balaban J connectivity index is 1.85. The van der Waals surface area contributed by atoms with Crippen LogP contribution in [0.1, 0.15) is 5.56 Å². The third kappa shape index (κ3) is 4.27. The Morgan fingerprint density at radius 1 is 1.32 bits per heavy atom. The highest BCUT2D eigenvalue weighted by atomic mass is 16.5. The molecule has 0 aliphatic carbocycles. The van der Waals surface area contributed by atoms with Crippen molar-refractivity contribution in [1.29, 1.82) is 0 Å². The summed E-state index contributed by atoms with van der Waals surface area (Å²) in [5.74, 6) is -0.161. The second-order valence-corrected chi connectivity index (χ2v) is 4.54. The van der Waals surface area contributed by atoms with Gasteiger partial charge in [0.15, 0.2) is 0 Å². The van der Waals surface area contributed by atoms with Gasteiger partial charge in [0.25, 0.3) is 0 Å². The zero-order chi connectivity index (χ0) is 15.9. The van der Waals surface area contributed by atoms with E-state index in [2.05, 4.69) is 26.2 Å². The van der Waals surface area contributed by atoms with E-state index in [1.54, 1.807) is 12.1 Å². The highest BCUT2D eigenvalue weighted by Gasteiger charge is 2.10. The van der Waals surface area contributed by atoms with E-state index in [-0.39, 0.29) is 24.9 Å². The highest BCUT2D eigenvalue weighted by molar-refractivity contribution is 5.95. The van der Waals surface area contributed by atoms with Crippen LogP contribution in [0.5, 0.6) is 5.75 Å². The molecule has 116 valence electrons. The van der Waals surface area contributed by atoms with Crippen LogP contribution < -0.4 is 15.4 Å². The minimum absolute atomic E-state index is 0.0476. The predicted molar refractivity (Wildman–Crippen MR) is 77.2 cm³/mol. The number of nitrogens with one attached hydrogen (secondary N) is 2. The fourth-order valence-corrected chi connectivity index (χ4v) is 1.75. The second kappa shape index (κ2) is 7.16. The summed E-state index contributed by atoms with van der Waals surface area (Å²) in [5.41, 5.74) is 1.54. The molecule has 0 spiro atoms. The van der Waals surface area contributed by atoms with Crippen molar-refractivity contribution in [2.24, 2.45) is 0 Å². The third-order valence-electron chi connectivity index (χ3n) is 2.77. The van der Waals surface area contributed by atoms with E-state index < -0.39 is 0 Å². The van der Waals surface area contributed by atoms with E-state index in [0.717, 1.165) is 5.56 Å². The standard InChI is InChI=1S/C13H16N6O3/c1-9-3-4-11(22-2)10(5-9)16-12(20)6-14-13(21)7-19-8-15-17-18-19/h3-5,8H,6-7H2,1-2H3,(H,14,21)(H,16,20). The number of aromatic nitrogens is 4. The molecule has 9 nitrogen and oxygen atoms in total. The summed E-state index contributed by atoms with van der Waals surface area (Å²) in [6.07, 6.45) is 1.32. The van der Waals surface area contributed by atoms with Crippen molar-refractivity contribution in [3.63, 3.8) is 0 Å².